The van der Waals surface area contributed by atoms with E-state index < -0.39 is 11.6 Å². The molecule has 0 atom stereocenters. The van der Waals surface area contributed by atoms with Crippen LogP contribution < -0.4 is 10.5 Å². The van der Waals surface area contributed by atoms with Crippen molar-refractivity contribution in [2.75, 3.05) is 12.8 Å². The first-order valence-corrected chi connectivity index (χ1v) is 4.72. The van der Waals surface area contributed by atoms with Gasteiger partial charge in [0, 0.05) is 11.6 Å². The summed E-state index contributed by atoms with van der Waals surface area (Å²) < 4.78 is 31.2. The molecule has 1 heterocycles. The number of halogens is 2. The van der Waals surface area contributed by atoms with Crippen LogP contribution in [0, 0.1) is 11.6 Å². The molecule has 0 radical (unpaired) electrons. The van der Waals surface area contributed by atoms with Crippen LogP contribution in [0.4, 0.5) is 14.6 Å². The molecule has 0 amide bonds. The lowest BCUT2D eigenvalue weighted by Gasteiger charge is -2.09. The molecule has 2 rings (SSSR count). The summed E-state index contributed by atoms with van der Waals surface area (Å²) in [6, 6.07) is 3.07. The Morgan fingerprint density at radius 1 is 1.12 bits per heavy atom. The number of hydrogen-bond donors (Lipinski definition) is 1. The second kappa shape index (κ2) is 4.32. The zero-order valence-corrected chi connectivity index (χ0v) is 8.95. The molecule has 0 bridgehead atoms. The maximum Gasteiger partial charge on any atom is 0.187 e. The van der Waals surface area contributed by atoms with Crippen molar-refractivity contribution in [2.24, 2.45) is 0 Å². The van der Waals surface area contributed by atoms with Crippen molar-refractivity contribution in [1.82, 2.24) is 9.97 Å². The molecule has 2 N–H and O–H groups in total. The summed E-state index contributed by atoms with van der Waals surface area (Å²) in [7, 11) is 1.38. The summed E-state index contributed by atoms with van der Waals surface area (Å²) in [5.41, 5.74) is 6.07. The number of rotatable bonds is 2. The Kier molecular flexibility index (Phi) is 2.86. The fourth-order valence-electron chi connectivity index (χ4n) is 1.48. The summed E-state index contributed by atoms with van der Waals surface area (Å²) in [5.74, 6) is -1.09. The van der Waals surface area contributed by atoms with E-state index in [1.54, 1.807) is 0 Å². The minimum atomic E-state index is -0.695. The number of anilines is 1. The van der Waals surface area contributed by atoms with Crippen molar-refractivity contribution in [3.05, 3.63) is 36.2 Å². The van der Waals surface area contributed by atoms with Crippen molar-refractivity contribution in [3.63, 3.8) is 0 Å². The number of aromatic nitrogens is 2. The molecule has 1 aromatic carbocycles. The Morgan fingerprint density at radius 2 is 1.76 bits per heavy atom. The lowest BCUT2D eigenvalue weighted by Crippen LogP contribution is -2.00. The van der Waals surface area contributed by atoms with Gasteiger partial charge in [0.05, 0.1) is 7.11 Å². The predicted molar refractivity (Wildman–Crippen MR) is 58.3 cm³/mol. The van der Waals surface area contributed by atoms with Crippen LogP contribution in [0.3, 0.4) is 0 Å². The minimum absolute atomic E-state index is 0.113. The summed E-state index contributed by atoms with van der Waals surface area (Å²) in [4.78, 5) is 7.65. The molecule has 6 heteroatoms. The molecule has 0 aliphatic heterocycles. The molecular weight excluding hydrogens is 228 g/mol. The van der Waals surface area contributed by atoms with Gasteiger partial charge in [0.15, 0.2) is 11.6 Å². The van der Waals surface area contributed by atoms with Gasteiger partial charge in [0.1, 0.15) is 23.7 Å². The van der Waals surface area contributed by atoms with Gasteiger partial charge < -0.3 is 10.5 Å². The fourth-order valence-corrected chi connectivity index (χ4v) is 1.48. The zero-order chi connectivity index (χ0) is 12.4. The van der Waals surface area contributed by atoms with Crippen molar-refractivity contribution in [2.45, 2.75) is 0 Å². The van der Waals surface area contributed by atoms with Crippen LogP contribution in [0.15, 0.2) is 24.5 Å². The Hall–Kier alpha value is -2.24. The number of nitrogens with two attached hydrogens (primary N) is 1. The summed E-state index contributed by atoms with van der Waals surface area (Å²) >= 11 is 0. The van der Waals surface area contributed by atoms with E-state index in [2.05, 4.69) is 9.97 Å². The lowest BCUT2D eigenvalue weighted by atomic mass is 10.1. The normalized spacial score (nSPS) is 10.3. The molecule has 0 saturated heterocycles. The predicted octanol–water partition coefficient (Wildman–Crippen LogP) is 2.01. The van der Waals surface area contributed by atoms with Crippen LogP contribution in [-0.4, -0.2) is 17.1 Å². The highest BCUT2D eigenvalue weighted by molar-refractivity contribution is 5.71. The molecule has 0 spiro atoms. The number of hydrogen-bond acceptors (Lipinski definition) is 4. The van der Waals surface area contributed by atoms with E-state index in [0.717, 1.165) is 18.2 Å². The van der Waals surface area contributed by atoms with Gasteiger partial charge in [-0.3, -0.25) is 0 Å². The third-order valence-corrected chi connectivity index (χ3v) is 2.17. The van der Waals surface area contributed by atoms with Crippen molar-refractivity contribution in [1.29, 1.82) is 0 Å². The third-order valence-electron chi connectivity index (χ3n) is 2.17. The SMILES string of the molecule is COc1c(N)ncnc1-c1cc(F)cc(F)c1. The Bertz CT molecular complexity index is 540. The molecule has 88 valence electrons. The first kappa shape index (κ1) is 11.3. The summed E-state index contributed by atoms with van der Waals surface area (Å²) in [6.45, 7) is 0. The standard InChI is InChI=1S/C11H9F2N3O/c1-17-10-9(15-5-16-11(10)14)6-2-7(12)4-8(13)3-6/h2-5H,1H3,(H2,14,15,16). The van der Waals surface area contributed by atoms with Gasteiger partial charge in [-0.2, -0.15) is 0 Å². The third kappa shape index (κ3) is 2.15. The average Bonchev–Trinajstić information content (AvgIpc) is 2.27. The Balaban J connectivity index is 2.63. The van der Waals surface area contributed by atoms with Gasteiger partial charge in [0.25, 0.3) is 0 Å². The lowest BCUT2D eigenvalue weighted by molar-refractivity contribution is 0.415. The number of methoxy groups -OCH3 is 1. The highest BCUT2D eigenvalue weighted by atomic mass is 19.1. The van der Waals surface area contributed by atoms with E-state index in [-0.39, 0.29) is 22.8 Å². The molecule has 0 aliphatic carbocycles. The van der Waals surface area contributed by atoms with Crippen LogP contribution in [0.5, 0.6) is 5.75 Å². The molecule has 0 fully saturated rings. The topological polar surface area (TPSA) is 61.0 Å². The molecule has 4 nitrogen and oxygen atoms in total. The first-order chi connectivity index (χ1) is 8.11. The van der Waals surface area contributed by atoms with Gasteiger partial charge in [-0.25, -0.2) is 18.7 Å². The quantitative estimate of drug-likeness (QED) is 0.867. The zero-order valence-electron chi connectivity index (χ0n) is 8.95. The van der Waals surface area contributed by atoms with E-state index in [1.165, 1.54) is 13.4 Å². The first-order valence-electron chi connectivity index (χ1n) is 4.72. The summed E-state index contributed by atoms with van der Waals surface area (Å²) in [6.07, 6.45) is 1.20. The molecule has 2 aromatic rings. The number of nitrogen functional groups attached to an aromatic ring is 1. The number of ether oxygens (including phenoxy) is 1. The Morgan fingerprint density at radius 3 is 2.35 bits per heavy atom. The van der Waals surface area contributed by atoms with E-state index in [0.29, 0.717) is 0 Å². The fraction of sp³-hybridized carbons (Fsp3) is 0.0909. The largest absolute Gasteiger partial charge is 0.491 e. The van der Waals surface area contributed by atoms with E-state index >= 15 is 0 Å². The molecular formula is C11H9F2N3O. The summed E-state index contributed by atoms with van der Waals surface area (Å²) in [5, 5.41) is 0. The van der Waals surface area contributed by atoms with E-state index in [4.69, 9.17) is 10.5 Å². The maximum atomic E-state index is 13.1. The average molecular weight is 237 g/mol. The van der Waals surface area contributed by atoms with Crippen LogP contribution >= 0.6 is 0 Å². The van der Waals surface area contributed by atoms with Crippen LogP contribution in [0.25, 0.3) is 11.3 Å². The Labute approximate surface area is 96.1 Å². The molecule has 1 aromatic heterocycles. The highest BCUT2D eigenvalue weighted by Gasteiger charge is 2.13. The van der Waals surface area contributed by atoms with Crippen molar-refractivity contribution < 1.29 is 13.5 Å². The van der Waals surface area contributed by atoms with E-state index in [9.17, 15) is 8.78 Å². The number of nitrogens with zero attached hydrogens (tertiary/aromatic N) is 2. The molecule has 0 saturated carbocycles. The van der Waals surface area contributed by atoms with Crippen molar-refractivity contribution in [3.8, 4) is 17.0 Å². The van der Waals surface area contributed by atoms with E-state index in [1.807, 2.05) is 0 Å². The molecule has 0 aliphatic rings. The number of benzene rings is 1. The van der Waals surface area contributed by atoms with Crippen LogP contribution in [0.1, 0.15) is 0 Å². The molecule has 17 heavy (non-hydrogen) atoms. The van der Waals surface area contributed by atoms with Gasteiger partial charge in [-0.1, -0.05) is 0 Å². The van der Waals surface area contributed by atoms with Gasteiger partial charge in [-0.05, 0) is 12.1 Å². The van der Waals surface area contributed by atoms with Crippen molar-refractivity contribution >= 4 is 5.82 Å². The second-order valence-corrected chi connectivity index (χ2v) is 3.30. The second-order valence-electron chi connectivity index (χ2n) is 3.30. The van der Waals surface area contributed by atoms with Crippen LogP contribution in [0.2, 0.25) is 0 Å². The highest BCUT2D eigenvalue weighted by Crippen LogP contribution is 2.31. The van der Waals surface area contributed by atoms with Gasteiger partial charge >= 0.3 is 0 Å². The van der Waals surface area contributed by atoms with Gasteiger partial charge in [0.2, 0.25) is 0 Å². The van der Waals surface area contributed by atoms with Gasteiger partial charge in [-0.15, -0.1) is 0 Å². The molecule has 0 unspecified atom stereocenters. The minimum Gasteiger partial charge on any atom is -0.491 e. The maximum absolute atomic E-state index is 13.1. The smallest absolute Gasteiger partial charge is 0.187 e. The van der Waals surface area contributed by atoms with Crippen LogP contribution in [-0.2, 0) is 0 Å². The monoisotopic (exact) mass is 237 g/mol.